The van der Waals surface area contributed by atoms with E-state index in [0.29, 0.717) is 23.6 Å². The quantitative estimate of drug-likeness (QED) is 0.824. The van der Waals surface area contributed by atoms with E-state index in [1.807, 2.05) is 35.2 Å². The van der Waals surface area contributed by atoms with Gasteiger partial charge < -0.3 is 20.1 Å². The zero-order chi connectivity index (χ0) is 18.8. The Morgan fingerprint density at radius 2 is 1.93 bits per heavy atom. The molecule has 1 aliphatic carbocycles. The Morgan fingerprint density at radius 3 is 2.70 bits per heavy atom. The van der Waals surface area contributed by atoms with Crippen LogP contribution in [0.4, 0.5) is 11.4 Å². The van der Waals surface area contributed by atoms with Crippen LogP contribution in [0.5, 0.6) is 11.5 Å². The van der Waals surface area contributed by atoms with Crippen molar-refractivity contribution in [3.63, 3.8) is 0 Å². The van der Waals surface area contributed by atoms with E-state index in [0.717, 1.165) is 42.6 Å². The normalized spacial score (nSPS) is 16.9. The molecule has 1 fully saturated rings. The maximum Gasteiger partial charge on any atom is 0.258 e. The van der Waals surface area contributed by atoms with E-state index in [1.165, 1.54) is 12.8 Å². The third kappa shape index (κ3) is 3.46. The SMILES string of the molecule is COc1cc(C(=O)N2CCCc3c(N)cccc32)ccc1OC1CCCC1. The number of hydrogen-bond donors (Lipinski definition) is 1. The summed E-state index contributed by atoms with van der Waals surface area (Å²) >= 11 is 0. The summed E-state index contributed by atoms with van der Waals surface area (Å²) in [5.74, 6) is 1.29. The highest BCUT2D eigenvalue weighted by Crippen LogP contribution is 2.35. The minimum Gasteiger partial charge on any atom is -0.493 e. The summed E-state index contributed by atoms with van der Waals surface area (Å²) in [7, 11) is 1.61. The average molecular weight is 366 g/mol. The van der Waals surface area contributed by atoms with Gasteiger partial charge in [-0.25, -0.2) is 0 Å². The topological polar surface area (TPSA) is 64.8 Å². The smallest absolute Gasteiger partial charge is 0.258 e. The van der Waals surface area contributed by atoms with Crippen molar-refractivity contribution in [2.75, 3.05) is 24.3 Å². The van der Waals surface area contributed by atoms with Gasteiger partial charge in [-0.05, 0) is 74.4 Å². The van der Waals surface area contributed by atoms with Gasteiger partial charge >= 0.3 is 0 Å². The molecule has 1 aliphatic heterocycles. The number of ether oxygens (including phenoxy) is 2. The molecule has 2 N–H and O–H groups in total. The molecule has 2 aromatic rings. The second kappa shape index (κ2) is 7.51. The molecular weight excluding hydrogens is 340 g/mol. The fraction of sp³-hybridized carbons (Fsp3) is 0.409. The van der Waals surface area contributed by atoms with Gasteiger partial charge in [-0.3, -0.25) is 4.79 Å². The van der Waals surface area contributed by atoms with E-state index in [2.05, 4.69) is 0 Å². The second-order valence-electron chi connectivity index (χ2n) is 7.30. The van der Waals surface area contributed by atoms with E-state index >= 15 is 0 Å². The van der Waals surface area contributed by atoms with Crippen molar-refractivity contribution in [1.29, 1.82) is 0 Å². The van der Waals surface area contributed by atoms with Crippen molar-refractivity contribution in [2.45, 2.75) is 44.6 Å². The van der Waals surface area contributed by atoms with Crippen LogP contribution in [0.15, 0.2) is 36.4 Å². The molecule has 1 saturated carbocycles. The van der Waals surface area contributed by atoms with Gasteiger partial charge in [0.25, 0.3) is 5.91 Å². The highest BCUT2D eigenvalue weighted by molar-refractivity contribution is 6.07. The summed E-state index contributed by atoms with van der Waals surface area (Å²) in [6.45, 7) is 0.692. The van der Waals surface area contributed by atoms with E-state index in [1.54, 1.807) is 13.2 Å². The molecule has 0 spiro atoms. The number of benzene rings is 2. The molecule has 0 aromatic heterocycles. The lowest BCUT2D eigenvalue weighted by Crippen LogP contribution is -2.35. The van der Waals surface area contributed by atoms with Crippen LogP contribution >= 0.6 is 0 Å². The molecule has 0 radical (unpaired) electrons. The number of carbonyl (C=O) groups excluding carboxylic acids is 1. The van der Waals surface area contributed by atoms with Crippen LogP contribution in [-0.4, -0.2) is 25.7 Å². The van der Waals surface area contributed by atoms with E-state index < -0.39 is 0 Å². The second-order valence-corrected chi connectivity index (χ2v) is 7.30. The summed E-state index contributed by atoms with van der Waals surface area (Å²) in [5, 5.41) is 0. The van der Waals surface area contributed by atoms with Crippen LogP contribution in [-0.2, 0) is 6.42 Å². The molecule has 142 valence electrons. The fourth-order valence-corrected chi connectivity index (χ4v) is 4.10. The summed E-state index contributed by atoms with van der Waals surface area (Å²) in [4.78, 5) is 15.0. The Kier molecular flexibility index (Phi) is 4.92. The van der Waals surface area contributed by atoms with Crippen LogP contribution in [0.3, 0.4) is 0 Å². The van der Waals surface area contributed by atoms with Crippen LogP contribution in [0.2, 0.25) is 0 Å². The first-order valence-corrected chi connectivity index (χ1v) is 9.71. The predicted octanol–water partition coefficient (Wildman–Crippen LogP) is 4.19. The standard InChI is InChI=1S/C22H26N2O3/c1-26-21-14-15(11-12-20(21)27-16-6-2-3-7-16)22(25)24-13-5-8-17-18(23)9-4-10-19(17)24/h4,9-12,14,16H,2-3,5-8,13,23H2,1H3. The van der Waals surface area contributed by atoms with Gasteiger partial charge in [0.2, 0.25) is 0 Å². The predicted molar refractivity (Wildman–Crippen MR) is 107 cm³/mol. The van der Waals surface area contributed by atoms with Gasteiger partial charge in [-0.15, -0.1) is 0 Å². The van der Waals surface area contributed by atoms with Crippen molar-refractivity contribution in [3.8, 4) is 11.5 Å². The molecule has 0 atom stereocenters. The molecule has 5 heteroatoms. The number of anilines is 2. The first-order chi connectivity index (χ1) is 13.2. The summed E-state index contributed by atoms with van der Waals surface area (Å²) < 4.78 is 11.6. The highest BCUT2D eigenvalue weighted by Gasteiger charge is 2.26. The molecule has 27 heavy (non-hydrogen) atoms. The van der Waals surface area contributed by atoms with Crippen LogP contribution in [0.25, 0.3) is 0 Å². The number of nitrogen functional groups attached to an aromatic ring is 1. The number of nitrogens with two attached hydrogens (primary N) is 1. The molecule has 0 bridgehead atoms. The lowest BCUT2D eigenvalue weighted by atomic mass is 9.99. The molecule has 0 saturated heterocycles. The minimum atomic E-state index is -0.0349. The summed E-state index contributed by atoms with van der Waals surface area (Å²) in [6, 6.07) is 11.2. The van der Waals surface area contributed by atoms with Gasteiger partial charge in [0.1, 0.15) is 0 Å². The van der Waals surface area contributed by atoms with Crippen molar-refractivity contribution >= 4 is 17.3 Å². The summed E-state index contributed by atoms with van der Waals surface area (Å²) in [5.41, 5.74) is 9.44. The monoisotopic (exact) mass is 366 g/mol. The largest absolute Gasteiger partial charge is 0.493 e. The van der Waals surface area contributed by atoms with Crippen molar-refractivity contribution in [2.24, 2.45) is 0 Å². The number of nitrogens with zero attached hydrogens (tertiary/aromatic N) is 1. The molecule has 4 rings (SSSR count). The van der Waals surface area contributed by atoms with Crippen LogP contribution in [0.1, 0.15) is 48.0 Å². The number of carbonyl (C=O) groups is 1. The third-order valence-corrected chi connectivity index (χ3v) is 5.54. The Morgan fingerprint density at radius 1 is 1.11 bits per heavy atom. The fourth-order valence-electron chi connectivity index (χ4n) is 4.10. The minimum absolute atomic E-state index is 0.0349. The van der Waals surface area contributed by atoms with Crippen LogP contribution in [0, 0.1) is 0 Å². The molecular formula is C22H26N2O3. The molecule has 2 aromatic carbocycles. The van der Waals surface area contributed by atoms with Gasteiger partial charge in [0.05, 0.1) is 13.2 Å². The molecule has 2 aliphatic rings. The van der Waals surface area contributed by atoms with Gasteiger partial charge in [-0.2, -0.15) is 0 Å². The Balaban J connectivity index is 1.60. The lowest BCUT2D eigenvalue weighted by molar-refractivity contribution is 0.0984. The van der Waals surface area contributed by atoms with E-state index in [-0.39, 0.29) is 12.0 Å². The number of rotatable bonds is 4. The Labute approximate surface area is 160 Å². The van der Waals surface area contributed by atoms with Crippen molar-refractivity contribution < 1.29 is 14.3 Å². The van der Waals surface area contributed by atoms with Crippen molar-refractivity contribution in [3.05, 3.63) is 47.5 Å². The van der Waals surface area contributed by atoms with E-state index in [4.69, 9.17) is 15.2 Å². The highest BCUT2D eigenvalue weighted by atomic mass is 16.5. The Bertz CT molecular complexity index is 843. The molecule has 1 heterocycles. The molecule has 0 unspecified atom stereocenters. The van der Waals surface area contributed by atoms with Gasteiger partial charge in [0.15, 0.2) is 11.5 Å². The van der Waals surface area contributed by atoms with Gasteiger partial charge in [0, 0.05) is 23.5 Å². The number of methoxy groups -OCH3 is 1. The number of hydrogen-bond acceptors (Lipinski definition) is 4. The average Bonchev–Trinajstić information content (AvgIpc) is 3.21. The molecule has 1 amide bonds. The zero-order valence-corrected chi connectivity index (χ0v) is 15.7. The van der Waals surface area contributed by atoms with Crippen molar-refractivity contribution in [1.82, 2.24) is 0 Å². The maximum absolute atomic E-state index is 13.2. The molecule has 5 nitrogen and oxygen atoms in total. The number of fused-ring (bicyclic) bond motifs is 1. The number of amides is 1. The first kappa shape index (κ1) is 17.7. The first-order valence-electron chi connectivity index (χ1n) is 9.71. The van der Waals surface area contributed by atoms with E-state index in [9.17, 15) is 4.79 Å². The maximum atomic E-state index is 13.2. The third-order valence-electron chi connectivity index (χ3n) is 5.54. The zero-order valence-electron chi connectivity index (χ0n) is 15.7. The lowest BCUT2D eigenvalue weighted by Gasteiger charge is -2.30. The van der Waals surface area contributed by atoms with Crippen LogP contribution < -0.4 is 20.1 Å². The summed E-state index contributed by atoms with van der Waals surface area (Å²) in [6.07, 6.45) is 6.64. The van der Waals surface area contributed by atoms with Gasteiger partial charge in [-0.1, -0.05) is 6.07 Å². The Hall–Kier alpha value is -2.69.